The summed E-state index contributed by atoms with van der Waals surface area (Å²) < 4.78 is 0. The van der Waals surface area contributed by atoms with Gasteiger partial charge in [-0.25, -0.2) is 0 Å². The molecule has 148 valence electrons. The van der Waals surface area contributed by atoms with E-state index in [9.17, 15) is 4.79 Å². The smallest absolute Gasteiger partial charge is 0.223 e. The molecule has 0 aromatic heterocycles. The highest BCUT2D eigenvalue weighted by Gasteiger charge is 2.45. The van der Waals surface area contributed by atoms with E-state index in [-0.39, 0.29) is 5.91 Å². The fourth-order valence-corrected chi connectivity index (χ4v) is 5.19. The Kier molecular flexibility index (Phi) is 5.56. The van der Waals surface area contributed by atoms with Gasteiger partial charge < -0.3 is 9.80 Å². The maximum atomic E-state index is 11.9. The third-order valence-electron chi connectivity index (χ3n) is 7.06. The summed E-state index contributed by atoms with van der Waals surface area (Å²) in [6, 6.07) is 12.0. The maximum absolute atomic E-state index is 11.9. The lowest BCUT2D eigenvalue weighted by Gasteiger charge is -2.50. The van der Waals surface area contributed by atoms with Gasteiger partial charge in [0.15, 0.2) is 0 Å². The second kappa shape index (κ2) is 7.92. The number of hydrogen-bond donors (Lipinski definition) is 0. The van der Waals surface area contributed by atoms with E-state index in [0.717, 1.165) is 25.7 Å². The van der Waals surface area contributed by atoms with Crippen LogP contribution in [0.5, 0.6) is 0 Å². The zero-order valence-corrected chi connectivity index (χ0v) is 17.1. The largest absolute Gasteiger partial charge is 0.349 e. The summed E-state index contributed by atoms with van der Waals surface area (Å²) in [7, 11) is 3.71. The van der Waals surface area contributed by atoms with Gasteiger partial charge in [-0.15, -0.1) is 0 Å². The monoisotopic (exact) mass is 369 g/mol. The number of carbonyl (C=O) groups is 1. The van der Waals surface area contributed by atoms with E-state index in [2.05, 4.69) is 40.1 Å². The van der Waals surface area contributed by atoms with Crippen molar-refractivity contribution in [2.24, 2.45) is 5.41 Å². The van der Waals surface area contributed by atoms with E-state index in [1.54, 1.807) is 4.90 Å². The van der Waals surface area contributed by atoms with Crippen molar-refractivity contribution in [1.29, 1.82) is 0 Å². The van der Waals surface area contributed by atoms with E-state index in [1.807, 2.05) is 14.1 Å². The molecule has 1 saturated carbocycles. The summed E-state index contributed by atoms with van der Waals surface area (Å²) in [4.78, 5) is 18.9. The van der Waals surface area contributed by atoms with Gasteiger partial charge >= 0.3 is 0 Å². The molecule has 1 amide bonds. The Hall–Kier alpha value is -1.39. The summed E-state index contributed by atoms with van der Waals surface area (Å²) in [5.41, 5.74) is 2.00. The molecule has 4 heteroatoms. The van der Waals surface area contributed by atoms with Gasteiger partial charge in [-0.3, -0.25) is 9.69 Å². The molecule has 4 rings (SSSR count). The third kappa shape index (κ3) is 4.55. The number of nitrogens with zero attached hydrogens (tertiary/aromatic N) is 3. The van der Waals surface area contributed by atoms with Crippen molar-refractivity contribution >= 4 is 5.91 Å². The summed E-state index contributed by atoms with van der Waals surface area (Å²) in [6.07, 6.45) is 7.36. The van der Waals surface area contributed by atoms with Crippen LogP contribution in [0.15, 0.2) is 30.3 Å². The minimum absolute atomic E-state index is 0.247. The van der Waals surface area contributed by atoms with Gasteiger partial charge in [-0.05, 0) is 62.1 Å². The number of piperidine rings is 2. The predicted molar refractivity (Wildman–Crippen MR) is 110 cm³/mol. The van der Waals surface area contributed by atoms with Gasteiger partial charge in [0, 0.05) is 46.2 Å². The van der Waals surface area contributed by atoms with Crippen molar-refractivity contribution in [2.75, 3.05) is 46.8 Å². The maximum Gasteiger partial charge on any atom is 0.223 e. The van der Waals surface area contributed by atoms with Gasteiger partial charge in [-0.2, -0.15) is 0 Å². The Balaban J connectivity index is 1.39. The summed E-state index contributed by atoms with van der Waals surface area (Å²) in [5.74, 6) is 0.930. The van der Waals surface area contributed by atoms with Crippen LogP contribution in [0.25, 0.3) is 0 Å². The first-order valence-electron chi connectivity index (χ1n) is 10.8. The lowest BCUT2D eigenvalue weighted by molar-refractivity contribution is -0.129. The molecule has 1 aromatic carbocycles. The summed E-state index contributed by atoms with van der Waals surface area (Å²) in [6.45, 7) is 5.77. The minimum atomic E-state index is 0.247. The minimum Gasteiger partial charge on any atom is -0.349 e. The van der Waals surface area contributed by atoms with Crippen LogP contribution >= 0.6 is 0 Å². The van der Waals surface area contributed by atoms with Crippen LogP contribution in [0.2, 0.25) is 0 Å². The van der Waals surface area contributed by atoms with Crippen molar-refractivity contribution < 1.29 is 4.79 Å². The van der Waals surface area contributed by atoms with Crippen molar-refractivity contribution in [3.8, 4) is 0 Å². The first-order valence-corrected chi connectivity index (χ1v) is 10.8. The number of carbonyl (C=O) groups excluding carboxylic acids is 1. The van der Waals surface area contributed by atoms with E-state index in [1.165, 1.54) is 50.8 Å². The average molecular weight is 370 g/mol. The number of benzene rings is 1. The van der Waals surface area contributed by atoms with Crippen LogP contribution in [-0.2, 0) is 4.79 Å². The lowest BCUT2D eigenvalue weighted by atomic mass is 9.68. The molecule has 1 atom stereocenters. The Morgan fingerprint density at radius 3 is 2.48 bits per heavy atom. The van der Waals surface area contributed by atoms with Crippen LogP contribution < -0.4 is 0 Å². The van der Waals surface area contributed by atoms with Crippen LogP contribution in [-0.4, -0.2) is 73.5 Å². The van der Waals surface area contributed by atoms with E-state index in [4.69, 9.17) is 0 Å². The molecule has 2 aliphatic heterocycles. The Labute approximate surface area is 164 Å². The highest BCUT2D eigenvalue weighted by molar-refractivity contribution is 5.75. The normalized spacial score (nSPS) is 26.2. The molecule has 1 spiro atoms. The molecule has 0 radical (unpaired) electrons. The summed E-state index contributed by atoms with van der Waals surface area (Å²) >= 11 is 0. The van der Waals surface area contributed by atoms with Gasteiger partial charge in [-0.1, -0.05) is 30.3 Å². The molecular formula is C23H35N3O. The number of amides is 1. The fraction of sp³-hybridized carbons (Fsp3) is 0.696. The Morgan fingerprint density at radius 2 is 1.85 bits per heavy atom. The van der Waals surface area contributed by atoms with Crippen LogP contribution in [0.1, 0.15) is 50.0 Å². The first-order chi connectivity index (χ1) is 13.0. The molecule has 27 heavy (non-hydrogen) atoms. The molecule has 1 aliphatic carbocycles. The SMILES string of the molecule is CN(C)C(=O)CCN1CCC2(CC1)C[C@@H](c1ccccc1)CN(C1CC1)C2. The van der Waals surface area contributed by atoms with Gasteiger partial charge in [0.05, 0.1) is 0 Å². The van der Waals surface area contributed by atoms with Crippen molar-refractivity contribution in [2.45, 2.75) is 50.5 Å². The highest BCUT2D eigenvalue weighted by atomic mass is 16.2. The molecular weight excluding hydrogens is 334 g/mol. The molecule has 0 bridgehead atoms. The summed E-state index contributed by atoms with van der Waals surface area (Å²) in [5, 5.41) is 0. The highest BCUT2D eigenvalue weighted by Crippen LogP contribution is 2.47. The van der Waals surface area contributed by atoms with Crippen molar-refractivity contribution in [3.05, 3.63) is 35.9 Å². The second-order valence-corrected chi connectivity index (χ2v) is 9.35. The molecule has 4 nitrogen and oxygen atoms in total. The predicted octanol–water partition coefficient (Wildman–Crippen LogP) is 3.20. The number of likely N-dealkylation sites (tertiary alicyclic amines) is 2. The van der Waals surface area contributed by atoms with Crippen molar-refractivity contribution in [1.82, 2.24) is 14.7 Å². The zero-order chi connectivity index (χ0) is 18.9. The van der Waals surface area contributed by atoms with E-state index >= 15 is 0 Å². The molecule has 1 aromatic rings. The van der Waals surface area contributed by atoms with Crippen LogP contribution in [0.4, 0.5) is 0 Å². The third-order valence-corrected chi connectivity index (χ3v) is 7.06. The molecule has 3 fully saturated rings. The van der Waals surface area contributed by atoms with Gasteiger partial charge in [0.1, 0.15) is 0 Å². The Bertz CT molecular complexity index is 632. The second-order valence-electron chi connectivity index (χ2n) is 9.35. The van der Waals surface area contributed by atoms with Crippen LogP contribution in [0, 0.1) is 5.41 Å². The molecule has 2 heterocycles. The lowest BCUT2D eigenvalue weighted by Crippen LogP contribution is -2.52. The fourth-order valence-electron chi connectivity index (χ4n) is 5.19. The molecule has 3 aliphatic rings. The number of hydrogen-bond acceptors (Lipinski definition) is 3. The molecule has 0 unspecified atom stereocenters. The van der Waals surface area contributed by atoms with E-state index < -0.39 is 0 Å². The van der Waals surface area contributed by atoms with Crippen LogP contribution in [0.3, 0.4) is 0 Å². The average Bonchev–Trinajstić information content (AvgIpc) is 3.53. The topological polar surface area (TPSA) is 26.8 Å². The van der Waals surface area contributed by atoms with E-state index in [0.29, 0.717) is 17.8 Å². The Morgan fingerprint density at radius 1 is 1.15 bits per heavy atom. The van der Waals surface area contributed by atoms with Gasteiger partial charge in [0.2, 0.25) is 5.91 Å². The molecule has 2 saturated heterocycles. The quantitative estimate of drug-likeness (QED) is 0.797. The zero-order valence-electron chi connectivity index (χ0n) is 17.1. The standard InChI is InChI=1S/C23H35N3O/c1-24(2)22(27)10-13-25-14-11-23(12-15-25)16-20(19-6-4-3-5-7-19)17-26(18-23)21-8-9-21/h3-7,20-21H,8-18H2,1-2H3/t20-/m1/s1. The first kappa shape index (κ1) is 18.9. The number of rotatable bonds is 5. The van der Waals surface area contributed by atoms with Crippen molar-refractivity contribution in [3.63, 3.8) is 0 Å². The van der Waals surface area contributed by atoms with Gasteiger partial charge in [0.25, 0.3) is 0 Å². The molecule has 0 N–H and O–H groups in total.